The summed E-state index contributed by atoms with van der Waals surface area (Å²) in [5.74, 6) is -0.149. The lowest BCUT2D eigenvalue weighted by atomic mass is 10.1. The second-order valence-corrected chi connectivity index (χ2v) is 5.39. The SMILES string of the molecule is OCc1cc(Oc2cc(Br)ccc2F)nc2ccccc12. The lowest BCUT2D eigenvalue weighted by molar-refractivity contribution is 0.282. The van der Waals surface area contributed by atoms with Crippen LogP contribution in [0.15, 0.2) is 53.0 Å². The van der Waals surface area contributed by atoms with Gasteiger partial charge in [-0.2, -0.15) is 0 Å². The zero-order valence-corrected chi connectivity index (χ0v) is 12.5. The van der Waals surface area contributed by atoms with Gasteiger partial charge in [0.05, 0.1) is 12.1 Å². The van der Waals surface area contributed by atoms with Crippen LogP contribution in [-0.4, -0.2) is 10.1 Å². The molecule has 1 heterocycles. The predicted octanol–water partition coefficient (Wildman–Crippen LogP) is 4.42. The summed E-state index contributed by atoms with van der Waals surface area (Å²) in [6.07, 6.45) is 0. The smallest absolute Gasteiger partial charge is 0.220 e. The van der Waals surface area contributed by atoms with Crippen LogP contribution in [0.4, 0.5) is 4.39 Å². The Morgan fingerprint density at radius 1 is 1.14 bits per heavy atom. The second-order valence-electron chi connectivity index (χ2n) is 4.47. The molecule has 0 aliphatic heterocycles. The molecule has 0 amide bonds. The van der Waals surface area contributed by atoms with Crippen LogP contribution in [0.1, 0.15) is 5.56 Å². The van der Waals surface area contributed by atoms with Crippen LogP contribution < -0.4 is 4.74 Å². The van der Waals surface area contributed by atoms with Gasteiger partial charge in [-0.05, 0) is 29.8 Å². The molecule has 5 heteroatoms. The van der Waals surface area contributed by atoms with Crippen molar-refractivity contribution in [3.05, 3.63) is 64.4 Å². The van der Waals surface area contributed by atoms with Gasteiger partial charge < -0.3 is 9.84 Å². The molecule has 0 saturated carbocycles. The maximum Gasteiger partial charge on any atom is 0.220 e. The molecule has 21 heavy (non-hydrogen) atoms. The van der Waals surface area contributed by atoms with Gasteiger partial charge in [-0.3, -0.25) is 0 Å². The molecule has 0 saturated heterocycles. The van der Waals surface area contributed by atoms with E-state index in [9.17, 15) is 9.50 Å². The van der Waals surface area contributed by atoms with E-state index in [2.05, 4.69) is 20.9 Å². The molecule has 106 valence electrons. The average molecular weight is 348 g/mol. The van der Waals surface area contributed by atoms with Crippen LogP contribution in [0, 0.1) is 5.82 Å². The number of benzene rings is 2. The number of hydrogen-bond donors (Lipinski definition) is 1. The van der Waals surface area contributed by atoms with E-state index in [0.717, 1.165) is 5.39 Å². The van der Waals surface area contributed by atoms with Crippen molar-refractivity contribution in [3.63, 3.8) is 0 Å². The van der Waals surface area contributed by atoms with E-state index in [1.807, 2.05) is 24.3 Å². The summed E-state index contributed by atoms with van der Waals surface area (Å²) in [4.78, 5) is 4.33. The fourth-order valence-corrected chi connectivity index (χ4v) is 2.41. The summed E-state index contributed by atoms with van der Waals surface area (Å²) >= 11 is 3.27. The number of aliphatic hydroxyl groups excluding tert-OH is 1. The van der Waals surface area contributed by atoms with Gasteiger partial charge >= 0.3 is 0 Å². The summed E-state index contributed by atoms with van der Waals surface area (Å²) in [7, 11) is 0. The van der Waals surface area contributed by atoms with E-state index < -0.39 is 5.82 Å². The Morgan fingerprint density at radius 3 is 2.76 bits per heavy atom. The highest BCUT2D eigenvalue weighted by atomic mass is 79.9. The Labute approximate surface area is 129 Å². The van der Waals surface area contributed by atoms with Crippen molar-refractivity contribution in [1.29, 1.82) is 0 Å². The number of pyridine rings is 1. The van der Waals surface area contributed by atoms with Gasteiger partial charge in [-0.1, -0.05) is 34.1 Å². The molecule has 3 rings (SSSR count). The molecule has 3 aromatic rings. The van der Waals surface area contributed by atoms with Crippen LogP contribution in [0.3, 0.4) is 0 Å². The second kappa shape index (κ2) is 5.79. The van der Waals surface area contributed by atoms with Gasteiger partial charge in [0, 0.05) is 15.9 Å². The fourth-order valence-electron chi connectivity index (χ4n) is 2.07. The molecule has 2 aromatic carbocycles. The lowest BCUT2D eigenvalue weighted by Crippen LogP contribution is -1.95. The van der Waals surface area contributed by atoms with Crippen LogP contribution in [-0.2, 0) is 6.61 Å². The highest BCUT2D eigenvalue weighted by Crippen LogP contribution is 2.29. The van der Waals surface area contributed by atoms with Crippen molar-refractivity contribution in [3.8, 4) is 11.6 Å². The normalized spacial score (nSPS) is 10.8. The summed E-state index contributed by atoms with van der Waals surface area (Å²) in [6, 6.07) is 13.5. The van der Waals surface area contributed by atoms with Gasteiger partial charge in [0.2, 0.25) is 5.88 Å². The number of aliphatic hydroxyl groups is 1. The molecule has 0 atom stereocenters. The molecule has 0 spiro atoms. The van der Waals surface area contributed by atoms with E-state index in [1.165, 1.54) is 12.1 Å². The lowest BCUT2D eigenvalue weighted by Gasteiger charge is -2.10. The van der Waals surface area contributed by atoms with E-state index in [4.69, 9.17) is 4.74 Å². The first-order chi connectivity index (χ1) is 10.2. The highest BCUT2D eigenvalue weighted by molar-refractivity contribution is 9.10. The molecule has 0 radical (unpaired) electrons. The number of aromatic nitrogens is 1. The van der Waals surface area contributed by atoms with Crippen molar-refractivity contribution in [2.45, 2.75) is 6.61 Å². The van der Waals surface area contributed by atoms with Gasteiger partial charge in [0.1, 0.15) is 0 Å². The summed E-state index contributed by atoms with van der Waals surface area (Å²) < 4.78 is 20.0. The van der Waals surface area contributed by atoms with Crippen LogP contribution >= 0.6 is 15.9 Å². The monoisotopic (exact) mass is 347 g/mol. The van der Waals surface area contributed by atoms with E-state index in [-0.39, 0.29) is 18.2 Å². The summed E-state index contributed by atoms with van der Waals surface area (Å²) in [5, 5.41) is 10.3. The average Bonchev–Trinajstić information content (AvgIpc) is 2.50. The summed E-state index contributed by atoms with van der Waals surface area (Å²) in [5.41, 5.74) is 1.38. The Morgan fingerprint density at radius 2 is 1.95 bits per heavy atom. The maximum atomic E-state index is 13.7. The Balaban J connectivity index is 2.06. The number of rotatable bonds is 3. The quantitative estimate of drug-likeness (QED) is 0.762. The summed E-state index contributed by atoms with van der Waals surface area (Å²) in [6.45, 7) is -0.139. The molecule has 1 N–H and O–H groups in total. The first-order valence-electron chi connectivity index (χ1n) is 6.30. The third kappa shape index (κ3) is 2.89. The molecule has 0 fully saturated rings. The zero-order valence-electron chi connectivity index (χ0n) is 10.9. The number of hydrogen-bond acceptors (Lipinski definition) is 3. The minimum atomic E-state index is -0.473. The largest absolute Gasteiger partial charge is 0.436 e. The van der Waals surface area contributed by atoms with Crippen molar-refractivity contribution in [1.82, 2.24) is 4.98 Å². The number of fused-ring (bicyclic) bond motifs is 1. The number of nitrogens with zero attached hydrogens (tertiary/aromatic N) is 1. The molecule has 1 aromatic heterocycles. The molecular formula is C16H11BrFNO2. The highest BCUT2D eigenvalue weighted by Gasteiger charge is 2.10. The maximum absolute atomic E-state index is 13.7. The molecule has 0 bridgehead atoms. The molecule has 0 unspecified atom stereocenters. The van der Waals surface area contributed by atoms with E-state index >= 15 is 0 Å². The minimum Gasteiger partial charge on any atom is -0.436 e. The van der Waals surface area contributed by atoms with E-state index in [0.29, 0.717) is 15.6 Å². The first kappa shape index (κ1) is 14.0. The van der Waals surface area contributed by atoms with Crippen molar-refractivity contribution in [2.24, 2.45) is 0 Å². The Bertz CT molecular complexity index is 807. The molecule has 0 aliphatic rings. The van der Waals surface area contributed by atoms with Gasteiger partial charge in [-0.15, -0.1) is 0 Å². The van der Waals surface area contributed by atoms with Gasteiger partial charge in [0.15, 0.2) is 11.6 Å². The van der Waals surface area contributed by atoms with Crippen LogP contribution in [0.25, 0.3) is 10.9 Å². The van der Waals surface area contributed by atoms with Gasteiger partial charge in [-0.25, -0.2) is 9.37 Å². The zero-order chi connectivity index (χ0) is 14.8. The standard InChI is InChI=1S/C16H11BrFNO2/c17-11-5-6-13(18)15(8-11)21-16-7-10(9-20)12-3-1-2-4-14(12)19-16/h1-8,20H,9H2. The number of ether oxygens (including phenoxy) is 1. The van der Waals surface area contributed by atoms with Crippen molar-refractivity contribution < 1.29 is 14.2 Å². The molecule has 0 aliphatic carbocycles. The Kier molecular flexibility index (Phi) is 3.86. The van der Waals surface area contributed by atoms with Crippen molar-refractivity contribution >= 4 is 26.8 Å². The Hall–Kier alpha value is -1.98. The van der Waals surface area contributed by atoms with E-state index in [1.54, 1.807) is 12.1 Å². The topological polar surface area (TPSA) is 42.4 Å². The first-order valence-corrected chi connectivity index (χ1v) is 7.09. The molecular weight excluding hydrogens is 337 g/mol. The molecule has 3 nitrogen and oxygen atoms in total. The predicted molar refractivity (Wildman–Crippen MR) is 81.8 cm³/mol. The third-order valence-electron chi connectivity index (χ3n) is 3.06. The fraction of sp³-hybridized carbons (Fsp3) is 0.0625. The number of para-hydroxylation sites is 1. The van der Waals surface area contributed by atoms with Gasteiger partial charge in [0.25, 0.3) is 0 Å². The number of halogens is 2. The van der Waals surface area contributed by atoms with Crippen molar-refractivity contribution in [2.75, 3.05) is 0 Å². The van der Waals surface area contributed by atoms with Crippen LogP contribution in [0.5, 0.6) is 11.6 Å². The third-order valence-corrected chi connectivity index (χ3v) is 3.55. The minimum absolute atomic E-state index is 0.0797. The van der Waals surface area contributed by atoms with Crippen LogP contribution in [0.2, 0.25) is 0 Å².